The number of aromatic nitrogens is 2. The Bertz CT molecular complexity index is 748. The van der Waals surface area contributed by atoms with Gasteiger partial charge < -0.3 is 5.73 Å². The average Bonchev–Trinajstić information content (AvgIpc) is 2.82. The van der Waals surface area contributed by atoms with Crippen LogP contribution in [0.5, 0.6) is 0 Å². The van der Waals surface area contributed by atoms with Gasteiger partial charge in [-0.15, -0.1) is 0 Å². The minimum atomic E-state index is -0.409. The molecule has 3 rings (SSSR count). The molecule has 0 amide bonds. The van der Waals surface area contributed by atoms with E-state index in [1.807, 2.05) is 0 Å². The van der Waals surface area contributed by atoms with Crippen molar-refractivity contribution in [3.05, 3.63) is 66.2 Å². The van der Waals surface area contributed by atoms with Crippen molar-refractivity contribution in [3.8, 4) is 16.9 Å². The van der Waals surface area contributed by atoms with Crippen LogP contribution < -0.4 is 5.73 Å². The maximum Gasteiger partial charge on any atom is 0.148 e. The maximum absolute atomic E-state index is 13.8. The average molecular weight is 271 g/mol. The first-order chi connectivity index (χ1) is 9.65. The summed E-state index contributed by atoms with van der Waals surface area (Å²) in [5, 5.41) is 4.27. The number of hydrogen-bond donors (Lipinski definition) is 1. The number of nitrogens with zero attached hydrogens (tertiary/aromatic N) is 2. The molecular formula is C15H11F2N3. The van der Waals surface area contributed by atoms with Crippen molar-refractivity contribution in [2.45, 2.75) is 0 Å². The van der Waals surface area contributed by atoms with Crippen molar-refractivity contribution < 1.29 is 8.78 Å². The normalized spacial score (nSPS) is 10.7. The summed E-state index contributed by atoms with van der Waals surface area (Å²) in [6, 6.07) is 13.7. The lowest BCUT2D eigenvalue weighted by molar-refractivity contribution is 0.612. The Morgan fingerprint density at radius 1 is 0.950 bits per heavy atom. The summed E-state index contributed by atoms with van der Waals surface area (Å²) >= 11 is 0. The number of nitrogens with two attached hydrogens (primary N) is 1. The largest absolute Gasteiger partial charge is 0.384 e. The summed E-state index contributed by atoms with van der Waals surface area (Å²) in [6.45, 7) is 0. The maximum atomic E-state index is 13.8. The molecule has 0 saturated carbocycles. The first kappa shape index (κ1) is 12.3. The van der Waals surface area contributed by atoms with Crippen LogP contribution in [0.25, 0.3) is 16.9 Å². The highest BCUT2D eigenvalue weighted by molar-refractivity contribution is 5.63. The van der Waals surface area contributed by atoms with Crippen molar-refractivity contribution >= 4 is 5.82 Å². The van der Waals surface area contributed by atoms with Crippen molar-refractivity contribution in [2.75, 3.05) is 5.73 Å². The van der Waals surface area contributed by atoms with Crippen LogP contribution in [0.15, 0.2) is 54.6 Å². The first-order valence-corrected chi connectivity index (χ1v) is 6.01. The number of hydrogen-bond acceptors (Lipinski definition) is 2. The van der Waals surface area contributed by atoms with Gasteiger partial charge in [0.2, 0.25) is 0 Å². The fraction of sp³-hybridized carbons (Fsp3) is 0. The number of rotatable bonds is 2. The van der Waals surface area contributed by atoms with Crippen LogP contribution in [0, 0.1) is 11.6 Å². The summed E-state index contributed by atoms with van der Waals surface area (Å²) in [6.07, 6.45) is 0. The molecule has 0 spiro atoms. The van der Waals surface area contributed by atoms with Crippen molar-refractivity contribution in [1.29, 1.82) is 0 Å². The van der Waals surface area contributed by atoms with Gasteiger partial charge >= 0.3 is 0 Å². The number of halogens is 2. The Morgan fingerprint density at radius 3 is 2.35 bits per heavy atom. The van der Waals surface area contributed by atoms with Gasteiger partial charge in [0.1, 0.15) is 23.1 Å². The molecule has 5 heteroatoms. The minimum absolute atomic E-state index is 0.276. The highest BCUT2D eigenvalue weighted by Crippen LogP contribution is 2.24. The smallest absolute Gasteiger partial charge is 0.148 e. The highest BCUT2D eigenvalue weighted by Gasteiger charge is 2.11. The van der Waals surface area contributed by atoms with Gasteiger partial charge in [0.15, 0.2) is 0 Å². The molecule has 0 aliphatic heterocycles. The zero-order valence-corrected chi connectivity index (χ0v) is 10.4. The Labute approximate surface area is 114 Å². The third-order valence-corrected chi connectivity index (χ3v) is 2.96. The van der Waals surface area contributed by atoms with E-state index in [9.17, 15) is 8.78 Å². The van der Waals surface area contributed by atoms with E-state index in [-0.39, 0.29) is 11.5 Å². The number of nitrogen functional groups attached to an aromatic ring is 1. The monoisotopic (exact) mass is 271 g/mol. The van der Waals surface area contributed by atoms with Crippen LogP contribution >= 0.6 is 0 Å². The molecular weight excluding hydrogens is 260 g/mol. The predicted molar refractivity (Wildman–Crippen MR) is 73.3 cm³/mol. The molecule has 20 heavy (non-hydrogen) atoms. The second kappa shape index (κ2) is 4.77. The Balaban J connectivity index is 2.08. The van der Waals surface area contributed by atoms with Gasteiger partial charge in [0.25, 0.3) is 0 Å². The summed E-state index contributed by atoms with van der Waals surface area (Å²) in [5.41, 5.74) is 7.42. The number of anilines is 1. The van der Waals surface area contributed by atoms with Crippen LogP contribution in [0.3, 0.4) is 0 Å². The van der Waals surface area contributed by atoms with Gasteiger partial charge in [0.05, 0.1) is 5.69 Å². The van der Waals surface area contributed by atoms with Gasteiger partial charge in [-0.3, -0.25) is 0 Å². The molecule has 3 nitrogen and oxygen atoms in total. The summed E-state index contributed by atoms with van der Waals surface area (Å²) in [5.74, 6) is -0.419. The van der Waals surface area contributed by atoms with Crippen LogP contribution in [-0.4, -0.2) is 9.78 Å². The van der Waals surface area contributed by atoms with Gasteiger partial charge in [-0.25, -0.2) is 13.5 Å². The second-order valence-corrected chi connectivity index (χ2v) is 4.32. The van der Waals surface area contributed by atoms with Crippen LogP contribution in [0.4, 0.5) is 14.6 Å². The molecule has 2 N–H and O–H groups in total. The van der Waals surface area contributed by atoms with Crippen LogP contribution in [0.2, 0.25) is 0 Å². The summed E-state index contributed by atoms with van der Waals surface area (Å²) in [7, 11) is 0. The van der Waals surface area contributed by atoms with E-state index in [0.29, 0.717) is 17.1 Å². The number of para-hydroxylation sites is 1. The Morgan fingerprint density at radius 2 is 1.65 bits per heavy atom. The fourth-order valence-electron chi connectivity index (χ4n) is 1.97. The first-order valence-electron chi connectivity index (χ1n) is 6.01. The molecule has 0 unspecified atom stereocenters. The zero-order valence-electron chi connectivity index (χ0n) is 10.4. The van der Waals surface area contributed by atoms with E-state index in [1.54, 1.807) is 36.4 Å². The van der Waals surface area contributed by atoms with Crippen LogP contribution in [0.1, 0.15) is 0 Å². The predicted octanol–water partition coefficient (Wildman–Crippen LogP) is 3.40. The lowest BCUT2D eigenvalue weighted by Gasteiger charge is -2.04. The van der Waals surface area contributed by atoms with E-state index >= 15 is 0 Å². The summed E-state index contributed by atoms with van der Waals surface area (Å²) in [4.78, 5) is 0. The second-order valence-electron chi connectivity index (χ2n) is 4.32. The molecule has 0 fully saturated rings. The van der Waals surface area contributed by atoms with E-state index in [0.717, 1.165) is 0 Å². The molecule has 0 saturated heterocycles. The van der Waals surface area contributed by atoms with E-state index in [2.05, 4.69) is 5.10 Å². The van der Waals surface area contributed by atoms with Gasteiger partial charge in [-0.05, 0) is 36.4 Å². The highest BCUT2D eigenvalue weighted by atomic mass is 19.1. The molecule has 0 aliphatic rings. The Kier molecular flexibility index (Phi) is 2.95. The van der Waals surface area contributed by atoms with E-state index < -0.39 is 5.82 Å². The van der Waals surface area contributed by atoms with Crippen LogP contribution in [-0.2, 0) is 0 Å². The van der Waals surface area contributed by atoms with Gasteiger partial charge in [-0.2, -0.15) is 5.10 Å². The standard InChI is InChI=1S/C15H11F2N3/c16-11-7-5-10(6-8-11)13-9-15(18)20(19-13)14-4-2-1-3-12(14)17/h1-9H,18H2. The third kappa shape index (κ3) is 2.14. The molecule has 1 heterocycles. The summed E-state index contributed by atoms with van der Waals surface area (Å²) < 4.78 is 28.0. The molecule has 2 aromatic carbocycles. The van der Waals surface area contributed by atoms with Gasteiger partial charge in [0, 0.05) is 11.6 Å². The molecule has 100 valence electrons. The number of benzene rings is 2. The van der Waals surface area contributed by atoms with Crippen molar-refractivity contribution in [2.24, 2.45) is 0 Å². The molecule has 0 aliphatic carbocycles. The minimum Gasteiger partial charge on any atom is -0.384 e. The molecule has 1 aromatic heterocycles. The van der Waals surface area contributed by atoms with Crippen molar-refractivity contribution in [3.63, 3.8) is 0 Å². The van der Waals surface area contributed by atoms with E-state index in [1.165, 1.54) is 22.9 Å². The third-order valence-electron chi connectivity index (χ3n) is 2.96. The quantitative estimate of drug-likeness (QED) is 0.776. The van der Waals surface area contributed by atoms with Crippen molar-refractivity contribution in [1.82, 2.24) is 9.78 Å². The van der Waals surface area contributed by atoms with E-state index in [4.69, 9.17) is 5.73 Å². The zero-order chi connectivity index (χ0) is 14.1. The lowest BCUT2D eigenvalue weighted by atomic mass is 10.1. The van der Waals surface area contributed by atoms with Gasteiger partial charge in [-0.1, -0.05) is 12.1 Å². The Hall–Kier alpha value is -2.69. The molecule has 0 atom stereocenters. The molecule has 0 radical (unpaired) electrons. The molecule has 0 bridgehead atoms. The topological polar surface area (TPSA) is 43.8 Å². The SMILES string of the molecule is Nc1cc(-c2ccc(F)cc2)nn1-c1ccccc1F. The lowest BCUT2D eigenvalue weighted by Crippen LogP contribution is -2.03. The fourth-order valence-corrected chi connectivity index (χ4v) is 1.97. The molecule has 3 aromatic rings.